The molecule has 6 heteroatoms. The molecule has 0 amide bonds. The minimum atomic E-state index is -0.634. The van der Waals surface area contributed by atoms with Gasteiger partial charge in [0.25, 0.3) is 5.56 Å². The molecule has 2 rings (SSSR count). The lowest BCUT2D eigenvalue weighted by Gasteiger charge is -2.10. The van der Waals surface area contributed by atoms with Crippen molar-refractivity contribution >= 4 is 0 Å². The Balaban J connectivity index is 2.76. The van der Waals surface area contributed by atoms with Gasteiger partial charge in [0.2, 0.25) is 0 Å². The number of fused-ring (bicyclic) bond motifs is 1. The fourth-order valence-corrected chi connectivity index (χ4v) is 1.43. The first kappa shape index (κ1) is 9.57. The Kier molecular flexibility index (Phi) is 2.32. The molecule has 0 aliphatic carbocycles. The summed E-state index contributed by atoms with van der Waals surface area (Å²) >= 11 is 0. The van der Waals surface area contributed by atoms with Crippen LogP contribution < -0.4 is 11.2 Å². The Morgan fingerprint density at radius 3 is 3.00 bits per heavy atom. The van der Waals surface area contributed by atoms with E-state index in [2.05, 4.69) is 15.0 Å². The summed E-state index contributed by atoms with van der Waals surface area (Å²) in [6.45, 7) is 2.71. The van der Waals surface area contributed by atoms with Crippen molar-refractivity contribution in [1.29, 1.82) is 0 Å². The van der Waals surface area contributed by atoms with Crippen molar-refractivity contribution in [3.8, 4) is 11.5 Å². The molecular formula is C9H10N4O2. The van der Waals surface area contributed by atoms with E-state index in [1.807, 2.05) is 6.92 Å². The van der Waals surface area contributed by atoms with Gasteiger partial charge in [-0.2, -0.15) is 4.98 Å². The molecule has 0 saturated heterocycles. The highest BCUT2D eigenvalue weighted by molar-refractivity contribution is 5.47. The molecule has 0 aromatic carbocycles. The number of aromatic nitrogens is 4. The van der Waals surface area contributed by atoms with Crippen molar-refractivity contribution in [2.45, 2.75) is 19.9 Å². The lowest BCUT2D eigenvalue weighted by atomic mass is 10.3. The first-order valence-corrected chi connectivity index (χ1v) is 4.68. The summed E-state index contributed by atoms with van der Waals surface area (Å²) in [7, 11) is 0. The molecule has 78 valence electrons. The standard InChI is InChI=1S/C9H10N4O2/c1-2-4-13-5-3-10-6-7(13)11-9(15)12-8(6)14/h3,5H,2,4H2,1H3,(H,12,14,15). The minimum absolute atomic E-state index is 0.200. The molecule has 0 aromatic heterocycles. The van der Waals surface area contributed by atoms with Gasteiger partial charge in [-0.3, -0.25) is 9.78 Å². The van der Waals surface area contributed by atoms with Gasteiger partial charge in [-0.1, -0.05) is 6.92 Å². The fourth-order valence-electron chi connectivity index (χ4n) is 1.43. The van der Waals surface area contributed by atoms with Crippen molar-refractivity contribution in [3.63, 3.8) is 0 Å². The van der Waals surface area contributed by atoms with Crippen LogP contribution in [0.4, 0.5) is 0 Å². The predicted octanol–water partition coefficient (Wildman–Crippen LogP) is -0.159. The van der Waals surface area contributed by atoms with Crippen LogP contribution in [0.1, 0.15) is 13.3 Å². The van der Waals surface area contributed by atoms with Gasteiger partial charge >= 0.3 is 5.69 Å². The number of aromatic amines is 1. The number of nitrogens with zero attached hydrogens (tertiary/aromatic N) is 3. The van der Waals surface area contributed by atoms with Crippen LogP contribution in [0.5, 0.6) is 0 Å². The van der Waals surface area contributed by atoms with Crippen LogP contribution in [0, 0.1) is 0 Å². The molecule has 2 aliphatic rings. The molecule has 2 heterocycles. The third-order valence-electron chi connectivity index (χ3n) is 2.04. The quantitative estimate of drug-likeness (QED) is 0.740. The summed E-state index contributed by atoms with van der Waals surface area (Å²) in [5.41, 5.74) is -0.925. The highest BCUT2D eigenvalue weighted by Crippen LogP contribution is 2.08. The maximum atomic E-state index is 11.4. The van der Waals surface area contributed by atoms with Gasteiger partial charge in [-0.25, -0.2) is 9.78 Å². The third kappa shape index (κ3) is 1.65. The van der Waals surface area contributed by atoms with E-state index in [1.54, 1.807) is 10.8 Å². The first-order valence-electron chi connectivity index (χ1n) is 4.68. The monoisotopic (exact) mass is 206 g/mol. The van der Waals surface area contributed by atoms with Crippen LogP contribution in [0.3, 0.4) is 0 Å². The van der Waals surface area contributed by atoms with Crippen LogP contribution in [-0.2, 0) is 6.54 Å². The smallest absolute Gasteiger partial charge is 0.329 e. The molecule has 1 N–H and O–H groups in total. The largest absolute Gasteiger partial charge is 0.349 e. The molecule has 0 aromatic rings. The van der Waals surface area contributed by atoms with Crippen LogP contribution >= 0.6 is 0 Å². The SMILES string of the molecule is CCCn1ccnc2c(=O)[nH]c(=O)nc1-2. The Bertz CT molecular complexity index is 557. The molecule has 0 fully saturated rings. The lowest BCUT2D eigenvalue weighted by Crippen LogP contribution is -2.28. The zero-order valence-electron chi connectivity index (χ0n) is 8.23. The number of rotatable bonds is 2. The summed E-state index contributed by atoms with van der Waals surface area (Å²) in [6.07, 6.45) is 4.13. The minimum Gasteiger partial charge on any atom is -0.329 e. The van der Waals surface area contributed by atoms with Gasteiger partial charge < -0.3 is 4.57 Å². The highest BCUT2D eigenvalue weighted by atomic mass is 16.2. The van der Waals surface area contributed by atoms with E-state index in [1.165, 1.54) is 6.20 Å². The fraction of sp³-hybridized carbons (Fsp3) is 0.333. The summed E-state index contributed by atoms with van der Waals surface area (Å²) in [4.78, 5) is 32.2. The van der Waals surface area contributed by atoms with Crippen molar-refractivity contribution in [1.82, 2.24) is 19.5 Å². The Hall–Kier alpha value is -1.98. The lowest BCUT2D eigenvalue weighted by molar-refractivity contribution is 0.659. The summed E-state index contributed by atoms with van der Waals surface area (Å²) in [6, 6.07) is 0. The highest BCUT2D eigenvalue weighted by Gasteiger charge is 2.13. The topological polar surface area (TPSA) is 80.6 Å². The van der Waals surface area contributed by atoms with E-state index in [-0.39, 0.29) is 5.69 Å². The Morgan fingerprint density at radius 2 is 2.27 bits per heavy atom. The molecular weight excluding hydrogens is 196 g/mol. The maximum absolute atomic E-state index is 11.4. The predicted molar refractivity (Wildman–Crippen MR) is 53.8 cm³/mol. The number of H-pyrrole nitrogens is 1. The number of hydrogen-bond acceptors (Lipinski definition) is 4. The normalized spacial score (nSPS) is 10.7. The number of hydrogen-bond donors (Lipinski definition) is 1. The van der Waals surface area contributed by atoms with Crippen molar-refractivity contribution in [3.05, 3.63) is 33.2 Å². The van der Waals surface area contributed by atoms with Crippen molar-refractivity contribution in [2.75, 3.05) is 0 Å². The molecule has 0 unspecified atom stereocenters. The van der Waals surface area contributed by atoms with E-state index in [0.717, 1.165) is 6.42 Å². The second-order valence-corrected chi connectivity index (χ2v) is 3.16. The molecule has 2 aliphatic heterocycles. The summed E-state index contributed by atoms with van der Waals surface area (Å²) in [5.74, 6) is 0.341. The maximum Gasteiger partial charge on any atom is 0.349 e. The molecule has 0 bridgehead atoms. The van der Waals surface area contributed by atoms with E-state index < -0.39 is 11.2 Å². The molecule has 0 atom stereocenters. The second kappa shape index (κ2) is 3.64. The van der Waals surface area contributed by atoms with Gasteiger partial charge in [-0.15, -0.1) is 0 Å². The van der Waals surface area contributed by atoms with Crippen LogP contribution in [0.15, 0.2) is 22.0 Å². The van der Waals surface area contributed by atoms with Gasteiger partial charge in [0.15, 0.2) is 11.5 Å². The third-order valence-corrected chi connectivity index (χ3v) is 2.04. The zero-order chi connectivity index (χ0) is 10.8. The summed E-state index contributed by atoms with van der Waals surface area (Å²) in [5, 5.41) is 0. The van der Waals surface area contributed by atoms with Crippen LogP contribution in [0.2, 0.25) is 0 Å². The summed E-state index contributed by atoms with van der Waals surface area (Å²) < 4.78 is 1.75. The zero-order valence-corrected chi connectivity index (χ0v) is 8.23. The van der Waals surface area contributed by atoms with Crippen LogP contribution in [-0.4, -0.2) is 19.5 Å². The molecule has 0 spiro atoms. The van der Waals surface area contributed by atoms with E-state index in [9.17, 15) is 9.59 Å². The Labute approximate surface area is 85.0 Å². The van der Waals surface area contributed by atoms with E-state index in [0.29, 0.717) is 12.4 Å². The Morgan fingerprint density at radius 1 is 1.47 bits per heavy atom. The second-order valence-electron chi connectivity index (χ2n) is 3.16. The number of aryl methyl sites for hydroxylation is 1. The van der Waals surface area contributed by atoms with Crippen molar-refractivity contribution < 1.29 is 0 Å². The molecule has 6 nitrogen and oxygen atoms in total. The average molecular weight is 206 g/mol. The molecule has 0 radical (unpaired) electrons. The number of nitrogens with one attached hydrogen (secondary N) is 1. The first-order chi connectivity index (χ1) is 7.22. The van der Waals surface area contributed by atoms with Gasteiger partial charge in [0.1, 0.15) is 0 Å². The van der Waals surface area contributed by atoms with E-state index >= 15 is 0 Å². The van der Waals surface area contributed by atoms with Gasteiger partial charge in [0.05, 0.1) is 0 Å². The average Bonchev–Trinajstić information content (AvgIpc) is 2.19. The molecule has 15 heavy (non-hydrogen) atoms. The molecule has 0 saturated carbocycles. The van der Waals surface area contributed by atoms with E-state index in [4.69, 9.17) is 0 Å². The van der Waals surface area contributed by atoms with Gasteiger partial charge in [0, 0.05) is 18.9 Å². The van der Waals surface area contributed by atoms with Gasteiger partial charge in [-0.05, 0) is 6.42 Å². The van der Waals surface area contributed by atoms with Crippen LogP contribution in [0.25, 0.3) is 11.5 Å². The van der Waals surface area contributed by atoms with Crippen molar-refractivity contribution in [2.24, 2.45) is 0 Å².